The van der Waals surface area contributed by atoms with Crippen molar-refractivity contribution >= 4 is 12.3 Å². The quantitative estimate of drug-likeness (QED) is 0.701. The standard InChI is InChI=1S/C10H10O3/c11-6-5-8-3-1-2-4-9(8)7-10(12)13/h1-4,6H,5,7H2,(H,12,13). The maximum atomic E-state index is 10.4. The lowest BCUT2D eigenvalue weighted by atomic mass is 10.0. The fraction of sp³-hybridized carbons (Fsp3) is 0.200. The van der Waals surface area contributed by atoms with Gasteiger partial charge in [-0.3, -0.25) is 4.79 Å². The van der Waals surface area contributed by atoms with Gasteiger partial charge in [0.25, 0.3) is 0 Å². The first kappa shape index (κ1) is 9.45. The zero-order valence-electron chi connectivity index (χ0n) is 7.06. The number of carbonyl (C=O) groups is 2. The minimum atomic E-state index is -0.877. The summed E-state index contributed by atoms with van der Waals surface area (Å²) in [4.78, 5) is 20.7. The smallest absolute Gasteiger partial charge is 0.307 e. The highest BCUT2D eigenvalue weighted by Crippen LogP contribution is 2.09. The third kappa shape index (κ3) is 2.71. The molecule has 0 bridgehead atoms. The van der Waals surface area contributed by atoms with Gasteiger partial charge in [-0.1, -0.05) is 24.3 Å². The summed E-state index contributed by atoms with van der Waals surface area (Å²) < 4.78 is 0. The van der Waals surface area contributed by atoms with Crippen molar-refractivity contribution in [1.29, 1.82) is 0 Å². The van der Waals surface area contributed by atoms with Crippen LogP contribution in [0.2, 0.25) is 0 Å². The molecular weight excluding hydrogens is 168 g/mol. The number of rotatable bonds is 4. The second-order valence-electron chi connectivity index (χ2n) is 2.71. The summed E-state index contributed by atoms with van der Waals surface area (Å²) in [5.41, 5.74) is 1.50. The zero-order chi connectivity index (χ0) is 9.68. The van der Waals surface area contributed by atoms with Crippen LogP contribution in [0, 0.1) is 0 Å². The fourth-order valence-corrected chi connectivity index (χ4v) is 1.18. The fourth-order valence-electron chi connectivity index (χ4n) is 1.18. The monoisotopic (exact) mass is 178 g/mol. The molecule has 0 unspecified atom stereocenters. The average Bonchev–Trinajstić information content (AvgIpc) is 2.08. The SMILES string of the molecule is O=CCc1ccccc1CC(=O)O. The summed E-state index contributed by atoms with van der Waals surface area (Å²) >= 11 is 0. The summed E-state index contributed by atoms with van der Waals surface area (Å²) in [6.07, 6.45) is 1.04. The number of carboxylic acids is 1. The molecule has 0 aromatic heterocycles. The van der Waals surface area contributed by atoms with Gasteiger partial charge in [-0.05, 0) is 11.1 Å². The van der Waals surface area contributed by atoms with Gasteiger partial charge in [0.05, 0.1) is 6.42 Å². The highest BCUT2D eigenvalue weighted by Gasteiger charge is 2.04. The van der Waals surface area contributed by atoms with E-state index >= 15 is 0 Å². The number of carboxylic acid groups (broad SMARTS) is 1. The minimum absolute atomic E-state index is 0.0238. The highest BCUT2D eigenvalue weighted by molar-refractivity contribution is 5.71. The van der Waals surface area contributed by atoms with Gasteiger partial charge in [0, 0.05) is 6.42 Å². The van der Waals surface area contributed by atoms with E-state index in [2.05, 4.69) is 0 Å². The Balaban J connectivity index is 2.90. The van der Waals surface area contributed by atoms with E-state index in [1.807, 2.05) is 0 Å². The van der Waals surface area contributed by atoms with Crippen molar-refractivity contribution in [2.24, 2.45) is 0 Å². The molecule has 1 N–H and O–H groups in total. The Hall–Kier alpha value is -1.64. The van der Waals surface area contributed by atoms with E-state index in [0.29, 0.717) is 5.56 Å². The molecule has 0 fully saturated rings. The van der Waals surface area contributed by atoms with Gasteiger partial charge in [-0.25, -0.2) is 0 Å². The summed E-state index contributed by atoms with van der Waals surface area (Å²) in [7, 11) is 0. The molecule has 3 nitrogen and oxygen atoms in total. The van der Waals surface area contributed by atoms with E-state index in [1.54, 1.807) is 24.3 Å². The third-order valence-electron chi connectivity index (χ3n) is 1.76. The molecule has 13 heavy (non-hydrogen) atoms. The predicted octanol–water partition coefficient (Wildman–Crippen LogP) is 1.06. The molecule has 0 radical (unpaired) electrons. The van der Waals surface area contributed by atoms with E-state index in [4.69, 9.17) is 5.11 Å². The van der Waals surface area contributed by atoms with Crippen LogP contribution < -0.4 is 0 Å². The van der Waals surface area contributed by atoms with E-state index in [-0.39, 0.29) is 12.8 Å². The first-order chi connectivity index (χ1) is 6.24. The molecule has 68 valence electrons. The van der Waals surface area contributed by atoms with Gasteiger partial charge in [0.15, 0.2) is 0 Å². The molecular formula is C10H10O3. The minimum Gasteiger partial charge on any atom is -0.481 e. The van der Waals surface area contributed by atoms with Crippen molar-refractivity contribution < 1.29 is 14.7 Å². The molecule has 0 spiro atoms. The van der Waals surface area contributed by atoms with Crippen LogP contribution in [0.1, 0.15) is 11.1 Å². The van der Waals surface area contributed by atoms with Crippen molar-refractivity contribution in [2.75, 3.05) is 0 Å². The summed E-state index contributed by atoms with van der Waals surface area (Å²) in [6.45, 7) is 0. The maximum absolute atomic E-state index is 10.4. The topological polar surface area (TPSA) is 54.4 Å². The van der Waals surface area contributed by atoms with Crippen LogP contribution in [0.25, 0.3) is 0 Å². The van der Waals surface area contributed by atoms with Crippen molar-refractivity contribution in [3.63, 3.8) is 0 Å². The molecule has 1 aromatic carbocycles. The molecule has 3 heteroatoms. The Kier molecular flexibility index (Phi) is 3.20. The van der Waals surface area contributed by atoms with Crippen molar-refractivity contribution in [3.8, 4) is 0 Å². The van der Waals surface area contributed by atoms with Gasteiger partial charge >= 0.3 is 5.97 Å². The van der Waals surface area contributed by atoms with Crippen LogP contribution in [0.5, 0.6) is 0 Å². The van der Waals surface area contributed by atoms with Crippen LogP contribution in [0.4, 0.5) is 0 Å². The van der Waals surface area contributed by atoms with Crippen molar-refractivity contribution in [1.82, 2.24) is 0 Å². The molecule has 0 aliphatic heterocycles. The summed E-state index contributed by atoms with van der Waals surface area (Å²) in [6, 6.07) is 7.07. The van der Waals surface area contributed by atoms with Gasteiger partial charge < -0.3 is 9.90 Å². The lowest BCUT2D eigenvalue weighted by molar-refractivity contribution is -0.136. The molecule has 1 rings (SSSR count). The van der Waals surface area contributed by atoms with E-state index in [0.717, 1.165) is 11.8 Å². The lowest BCUT2D eigenvalue weighted by Gasteiger charge is -2.02. The molecule has 1 aromatic rings. The Morgan fingerprint density at radius 3 is 2.46 bits per heavy atom. The number of aldehydes is 1. The highest BCUT2D eigenvalue weighted by atomic mass is 16.4. The molecule has 0 amide bonds. The molecule has 0 saturated carbocycles. The largest absolute Gasteiger partial charge is 0.481 e. The number of carbonyl (C=O) groups excluding carboxylic acids is 1. The maximum Gasteiger partial charge on any atom is 0.307 e. The molecule has 0 aliphatic rings. The third-order valence-corrected chi connectivity index (χ3v) is 1.76. The second kappa shape index (κ2) is 4.40. The number of hydrogen-bond acceptors (Lipinski definition) is 2. The summed E-state index contributed by atoms with van der Waals surface area (Å²) in [5.74, 6) is -0.877. The van der Waals surface area contributed by atoms with Crippen molar-refractivity contribution in [2.45, 2.75) is 12.8 Å². The first-order valence-corrected chi connectivity index (χ1v) is 3.96. The Bertz CT molecular complexity index is 318. The first-order valence-electron chi connectivity index (χ1n) is 3.96. The average molecular weight is 178 g/mol. The normalized spacial score (nSPS) is 9.54. The summed E-state index contributed by atoms with van der Waals surface area (Å²) in [5, 5.41) is 8.57. The predicted molar refractivity (Wildman–Crippen MR) is 47.5 cm³/mol. The zero-order valence-corrected chi connectivity index (χ0v) is 7.06. The Labute approximate surface area is 76.0 Å². The van der Waals surface area contributed by atoms with E-state index in [9.17, 15) is 9.59 Å². The van der Waals surface area contributed by atoms with Gasteiger partial charge in [0.1, 0.15) is 6.29 Å². The number of benzene rings is 1. The van der Waals surface area contributed by atoms with Crippen LogP contribution in [0.15, 0.2) is 24.3 Å². The van der Waals surface area contributed by atoms with Crippen LogP contribution in [-0.2, 0) is 22.4 Å². The van der Waals surface area contributed by atoms with Crippen LogP contribution in [-0.4, -0.2) is 17.4 Å². The lowest BCUT2D eigenvalue weighted by Crippen LogP contribution is -2.03. The molecule has 0 saturated heterocycles. The molecule has 0 atom stereocenters. The van der Waals surface area contributed by atoms with E-state index in [1.165, 1.54) is 0 Å². The van der Waals surface area contributed by atoms with Crippen molar-refractivity contribution in [3.05, 3.63) is 35.4 Å². The van der Waals surface area contributed by atoms with Gasteiger partial charge in [0.2, 0.25) is 0 Å². The van der Waals surface area contributed by atoms with Gasteiger partial charge in [-0.2, -0.15) is 0 Å². The Morgan fingerprint density at radius 1 is 1.31 bits per heavy atom. The Morgan fingerprint density at radius 2 is 1.92 bits per heavy atom. The second-order valence-corrected chi connectivity index (χ2v) is 2.71. The van der Waals surface area contributed by atoms with Crippen LogP contribution in [0.3, 0.4) is 0 Å². The number of hydrogen-bond donors (Lipinski definition) is 1. The molecule has 0 heterocycles. The van der Waals surface area contributed by atoms with Gasteiger partial charge in [-0.15, -0.1) is 0 Å². The number of aliphatic carboxylic acids is 1. The van der Waals surface area contributed by atoms with E-state index < -0.39 is 5.97 Å². The molecule has 0 aliphatic carbocycles. The van der Waals surface area contributed by atoms with Crippen LogP contribution >= 0.6 is 0 Å².